The summed E-state index contributed by atoms with van der Waals surface area (Å²) in [5.74, 6) is 0. The van der Waals surface area contributed by atoms with E-state index in [0.717, 1.165) is 6.54 Å². The molecular formula is C24H41N. The molecule has 0 N–H and O–H groups in total. The molecule has 0 heterocycles. The largest absolute Gasteiger partial charge is 0.299 e. The quantitative estimate of drug-likeness (QED) is 0.284. The average molecular weight is 344 g/mol. The van der Waals surface area contributed by atoms with Crippen molar-refractivity contribution in [3.63, 3.8) is 0 Å². The van der Waals surface area contributed by atoms with Gasteiger partial charge in [0.25, 0.3) is 0 Å². The fourth-order valence-corrected chi connectivity index (χ4v) is 3.36. The minimum absolute atomic E-state index is 1.02. The Bertz CT molecular complexity index is 423. The maximum absolute atomic E-state index is 4.35. The molecule has 0 spiro atoms. The van der Waals surface area contributed by atoms with Crippen LogP contribution in [-0.2, 0) is 0 Å². The zero-order chi connectivity index (χ0) is 18.2. The molecule has 25 heavy (non-hydrogen) atoms. The maximum Gasteiger partial charge on any atom is 0.0233 e. The van der Waals surface area contributed by atoms with E-state index in [1.807, 2.05) is 0 Å². The van der Waals surface area contributed by atoms with Crippen molar-refractivity contribution in [2.75, 3.05) is 19.6 Å². The molecule has 1 nitrogen and oxygen atoms in total. The van der Waals surface area contributed by atoms with Gasteiger partial charge in [-0.2, -0.15) is 0 Å². The first-order valence-electron chi connectivity index (χ1n) is 10.7. The van der Waals surface area contributed by atoms with E-state index < -0.39 is 0 Å². The van der Waals surface area contributed by atoms with Gasteiger partial charge in [0.1, 0.15) is 0 Å². The monoisotopic (exact) mass is 343 g/mol. The van der Waals surface area contributed by atoms with Crippen molar-refractivity contribution in [3.8, 4) is 0 Å². The van der Waals surface area contributed by atoms with Gasteiger partial charge in [0, 0.05) is 6.54 Å². The maximum atomic E-state index is 4.35. The highest BCUT2D eigenvalue weighted by molar-refractivity contribution is 5.64. The zero-order valence-electron chi connectivity index (χ0n) is 16.9. The molecule has 1 heteroatoms. The van der Waals surface area contributed by atoms with Crippen molar-refractivity contribution in [1.82, 2.24) is 4.90 Å². The van der Waals surface area contributed by atoms with Crippen LogP contribution < -0.4 is 0 Å². The van der Waals surface area contributed by atoms with Gasteiger partial charge in [-0.15, -0.1) is 0 Å². The van der Waals surface area contributed by atoms with E-state index in [0.29, 0.717) is 0 Å². The van der Waals surface area contributed by atoms with Gasteiger partial charge in [0.15, 0.2) is 0 Å². The Morgan fingerprint density at radius 1 is 0.720 bits per heavy atom. The highest BCUT2D eigenvalue weighted by Crippen LogP contribution is 2.15. The van der Waals surface area contributed by atoms with Gasteiger partial charge < -0.3 is 0 Å². The molecule has 0 unspecified atom stereocenters. The van der Waals surface area contributed by atoms with Crippen LogP contribution >= 0.6 is 0 Å². The molecule has 0 amide bonds. The Kier molecular flexibility index (Phi) is 13.3. The fourth-order valence-electron chi connectivity index (χ4n) is 3.36. The van der Waals surface area contributed by atoms with Crippen LogP contribution in [0.5, 0.6) is 0 Å². The van der Waals surface area contributed by atoms with Crippen molar-refractivity contribution in [3.05, 3.63) is 42.5 Å². The lowest BCUT2D eigenvalue weighted by atomic mass is 10.1. The van der Waals surface area contributed by atoms with Gasteiger partial charge >= 0.3 is 0 Å². The summed E-state index contributed by atoms with van der Waals surface area (Å²) in [5.41, 5.74) is 2.56. The molecule has 0 aliphatic rings. The van der Waals surface area contributed by atoms with E-state index in [9.17, 15) is 0 Å². The molecule has 0 aliphatic heterocycles. The van der Waals surface area contributed by atoms with Gasteiger partial charge in [-0.25, -0.2) is 0 Å². The lowest BCUT2D eigenvalue weighted by Crippen LogP contribution is -2.28. The summed E-state index contributed by atoms with van der Waals surface area (Å²) in [6, 6.07) is 10.7. The average Bonchev–Trinajstić information content (AvgIpc) is 2.64. The number of benzene rings is 1. The molecule has 1 rings (SSSR count). The predicted molar refractivity (Wildman–Crippen MR) is 114 cm³/mol. The lowest BCUT2D eigenvalue weighted by Gasteiger charge is -2.23. The molecule has 0 saturated heterocycles. The molecule has 0 fully saturated rings. The first-order chi connectivity index (χ1) is 12.3. The molecule has 0 aromatic heterocycles. The van der Waals surface area contributed by atoms with Gasteiger partial charge in [0.2, 0.25) is 0 Å². The van der Waals surface area contributed by atoms with Crippen molar-refractivity contribution >= 4 is 5.57 Å². The van der Waals surface area contributed by atoms with Gasteiger partial charge in [-0.1, -0.05) is 109 Å². The SMILES string of the molecule is C=C(CN(CCCCCCC)CCCCCCCC)c1ccccc1. The molecule has 142 valence electrons. The standard InChI is InChI=1S/C24H41N/c1-4-6-8-10-12-17-21-25(20-16-11-9-7-5-2)22-23(3)24-18-14-13-15-19-24/h13-15,18-19H,3-12,16-17,20-22H2,1-2H3. The van der Waals surface area contributed by atoms with Gasteiger partial charge in [-0.05, 0) is 37.1 Å². The van der Waals surface area contributed by atoms with E-state index in [1.54, 1.807) is 0 Å². The third-order valence-corrected chi connectivity index (χ3v) is 5.00. The summed E-state index contributed by atoms with van der Waals surface area (Å²) in [4.78, 5) is 2.64. The van der Waals surface area contributed by atoms with Crippen LogP contribution in [0.25, 0.3) is 5.57 Å². The summed E-state index contributed by atoms with van der Waals surface area (Å²) >= 11 is 0. The second-order valence-corrected chi connectivity index (χ2v) is 7.43. The summed E-state index contributed by atoms with van der Waals surface area (Å²) in [6.07, 6.45) is 15.1. The Hall–Kier alpha value is -1.08. The Balaban J connectivity index is 2.36. The normalized spacial score (nSPS) is 11.2. The zero-order valence-corrected chi connectivity index (χ0v) is 16.9. The number of nitrogens with zero attached hydrogens (tertiary/aromatic N) is 1. The smallest absolute Gasteiger partial charge is 0.0233 e. The molecule has 0 atom stereocenters. The van der Waals surface area contributed by atoms with Crippen LogP contribution in [0.4, 0.5) is 0 Å². The van der Waals surface area contributed by atoms with E-state index in [1.165, 1.54) is 94.9 Å². The molecule has 0 aliphatic carbocycles. The van der Waals surface area contributed by atoms with Crippen molar-refractivity contribution in [2.24, 2.45) is 0 Å². The predicted octanol–water partition coefficient (Wildman–Crippen LogP) is 7.33. The second-order valence-electron chi connectivity index (χ2n) is 7.43. The Morgan fingerprint density at radius 3 is 1.72 bits per heavy atom. The van der Waals surface area contributed by atoms with Crippen LogP contribution in [-0.4, -0.2) is 24.5 Å². The fraction of sp³-hybridized carbons (Fsp3) is 0.667. The number of unbranched alkanes of at least 4 members (excludes halogenated alkanes) is 9. The summed E-state index contributed by atoms with van der Waals surface area (Å²) in [7, 11) is 0. The van der Waals surface area contributed by atoms with E-state index in [-0.39, 0.29) is 0 Å². The molecule has 0 bridgehead atoms. The molecule has 1 aromatic carbocycles. The van der Waals surface area contributed by atoms with Gasteiger partial charge in [0.05, 0.1) is 0 Å². The van der Waals surface area contributed by atoms with Gasteiger partial charge in [-0.3, -0.25) is 4.90 Å². The van der Waals surface area contributed by atoms with E-state index >= 15 is 0 Å². The second kappa shape index (κ2) is 15.2. The van der Waals surface area contributed by atoms with Crippen LogP contribution in [0.1, 0.15) is 90.0 Å². The minimum Gasteiger partial charge on any atom is -0.299 e. The number of hydrogen-bond acceptors (Lipinski definition) is 1. The van der Waals surface area contributed by atoms with Crippen molar-refractivity contribution in [2.45, 2.75) is 84.5 Å². The van der Waals surface area contributed by atoms with Crippen LogP contribution in [0.2, 0.25) is 0 Å². The van der Waals surface area contributed by atoms with E-state index in [4.69, 9.17) is 0 Å². The van der Waals surface area contributed by atoms with Crippen LogP contribution in [0.3, 0.4) is 0 Å². The first kappa shape index (κ1) is 22.0. The number of rotatable bonds is 16. The molecule has 0 saturated carbocycles. The highest BCUT2D eigenvalue weighted by Gasteiger charge is 2.08. The first-order valence-corrected chi connectivity index (χ1v) is 10.7. The van der Waals surface area contributed by atoms with Crippen molar-refractivity contribution in [1.29, 1.82) is 0 Å². The third kappa shape index (κ3) is 11.2. The summed E-state index contributed by atoms with van der Waals surface area (Å²) in [5, 5.41) is 0. The Morgan fingerprint density at radius 2 is 1.20 bits per heavy atom. The number of hydrogen-bond donors (Lipinski definition) is 0. The topological polar surface area (TPSA) is 3.24 Å². The summed E-state index contributed by atoms with van der Waals surface area (Å²) in [6.45, 7) is 12.4. The van der Waals surface area contributed by atoms with Crippen LogP contribution in [0.15, 0.2) is 36.9 Å². The highest BCUT2D eigenvalue weighted by atomic mass is 15.1. The molecular weight excluding hydrogens is 302 g/mol. The minimum atomic E-state index is 1.02. The van der Waals surface area contributed by atoms with Crippen molar-refractivity contribution < 1.29 is 0 Å². The third-order valence-electron chi connectivity index (χ3n) is 5.00. The Labute approximate surface area is 157 Å². The van der Waals surface area contributed by atoms with Crippen LogP contribution in [0, 0.1) is 0 Å². The van der Waals surface area contributed by atoms with E-state index in [2.05, 4.69) is 55.7 Å². The summed E-state index contributed by atoms with van der Waals surface area (Å²) < 4.78 is 0. The molecule has 0 radical (unpaired) electrons. The lowest BCUT2D eigenvalue weighted by molar-refractivity contribution is 0.290. The molecule has 1 aromatic rings.